The molecule has 2 aromatic rings. The summed E-state index contributed by atoms with van der Waals surface area (Å²) >= 11 is 0. The van der Waals surface area contributed by atoms with Gasteiger partial charge in [0.1, 0.15) is 0 Å². The first-order chi connectivity index (χ1) is 7.68. The molecule has 82 valence electrons. The van der Waals surface area contributed by atoms with Crippen molar-refractivity contribution < 1.29 is 0 Å². The van der Waals surface area contributed by atoms with Crippen LogP contribution in [-0.4, -0.2) is 25.2 Å². The van der Waals surface area contributed by atoms with Crippen molar-refractivity contribution in [3.63, 3.8) is 0 Å². The number of nitrogens with zero attached hydrogens (tertiary/aromatic N) is 3. The van der Waals surface area contributed by atoms with E-state index in [1.165, 1.54) is 16.8 Å². The van der Waals surface area contributed by atoms with Crippen LogP contribution in [0.1, 0.15) is 6.92 Å². The molecular weight excluding hydrogens is 198 g/mol. The van der Waals surface area contributed by atoms with Crippen molar-refractivity contribution in [2.24, 2.45) is 0 Å². The topological polar surface area (TPSA) is 19.4 Å². The number of pyridine rings is 1. The minimum Gasteiger partial charge on any atom is -0.353 e. The normalized spacial score (nSPS) is 19.3. The molecule has 1 aromatic heterocycles. The number of fused-ring (bicyclic) bond motifs is 2. The van der Waals surface area contributed by atoms with Crippen LogP contribution in [-0.2, 0) is 0 Å². The third-order valence-corrected chi connectivity index (χ3v) is 3.58. The molecule has 1 aliphatic rings. The van der Waals surface area contributed by atoms with Crippen molar-refractivity contribution >= 4 is 22.3 Å². The molecule has 16 heavy (non-hydrogen) atoms. The minimum atomic E-state index is 0.409. The lowest BCUT2D eigenvalue weighted by Gasteiger charge is -2.23. The third kappa shape index (κ3) is 1.11. The molecule has 0 amide bonds. The second-order valence-corrected chi connectivity index (χ2v) is 4.39. The number of hydrogen-bond donors (Lipinski definition) is 0. The van der Waals surface area contributed by atoms with Crippen molar-refractivity contribution in [2.45, 2.75) is 13.1 Å². The van der Waals surface area contributed by atoms with Gasteiger partial charge in [0.15, 0.2) is 0 Å². The number of hydrogen-bond acceptors (Lipinski definition) is 3. The van der Waals surface area contributed by atoms with Crippen molar-refractivity contribution in [3.05, 3.63) is 30.5 Å². The molecule has 0 N–H and O–H groups in total. The average Bonchev–Trinajstić information content (AvgIpc) is 2.52. The maximum Gasteiger partial charge on any atom is 0.0982 e. The van der Waals surface area contributed by atoms with Gasteiger partial charge in [0, 0.05) is 25.7 Å². The summed E-state index contributed by atoms with van der Waals surface area (Å²) in [4.78, 5) is 8.97. The minimum absolute atomic E-state index is 0.409. The van der Waals surface area contributed by atoms with Crippen molar-refractivity contribution in [3.8, 4) is 0 Å². The average molecular weight is 213 g/mol. The predicted octanol–water partition coefficient (Wildman–Crippen LogP) is 2.47. The maximum atomic E-state index is 4.40. The smallest absolute Gasteiger partial charge is 0.0982 e. The molecule has 0 fully saturated rings. The standard InChI is InChI=1S/C13H15N3/c1-9-15(2)12-7-10-5-4-6-14-11(10)8-13(12)16(9)3/h4-9H,1-3H3. The largest absolute Gasteiger partial charge is 0.353 e. The van der Waals surface area contributed by atoms with Crippen LogP contribution in [0, 0.1) is 0 Å². The molecule has 3 heteroatoms. The van der Waals surface area contributed by atoms with Crippen LogP contribution in [0.5, 0.6) is 0 Å². The number of benzene rings is 1. The lowest BCUT2D eigenvalue weighted by Crippen LogP contribution is -2.35. The number of aromatic nitrogens is 1. The van der Waals surface area contributed by atoms with Crippen LogP contribution < -0.4 is 9.80 Å². The molecule has 0 radical (unpaired) electrons. The molecule has 0 saturated carbocycles. The van der Waals surface area contributed by atoms with Gasteiger partial charge in [-0.3, -0.25) is 4.98 Å². The molecule has 1 aliphatic heterocycles. The molecule has 3 nitrogen and oxygen atoms in total. The highest BCUT2D eigenvalue weighted by Crippen LogP contribution is 2.39. The van der Waals surface area contributed by atoms with Gasteiger partial charge in [-0.1, -0.05) is 6.07 Å². The fraction of sp³-hybridized carbons (Fsp3) is 0.308. The van der Waals surface area contributed by atoms with E-state index in [0.717, 1.165) is 5.52 Å². The van der Waals surface area contributed by atoms with E-state index in [0.29, 0.717) is 6.17 Å². The lowest BCUT2D eigenvalue weighted by atomic mass is 10.1. The van der Waals surface area contributed by atoms with E-state index in [2.05, 4.69) is 54.0 Å². The Morgan fingerprint density at radius 3 is 2.56 bits per heavy atom. The molecule has 0 aliphatic carbocycles. The van der Waals surface area contributed by atoms with Gasteiger partial charge in [-0.15, -0.1) is 0 Å². The summed E-state index contributed by atoms with van der Waals surface area (Å²) in [5.41, 5.74) is 3.62. The van der Waals surface area contributed by atoms with Crippen molar-refractivity contribution in [1.29, 1.82) is 0 Å². The van der Waals surface area contributed by atoms with Crippen LogP contribution >= 0.6 is 0 Å². The second-order valence-electron chi connectivity index (χ2n) is 4.39. The fourth-order valence-electron chi connectivity index (χ4n) is 2.32. The van der Waals surface area contributed by atoms with Gasteiger partial charge in [0.25, 0.3) is 0 Å². The molecular formula is C13H15N3. The van der Waals surface area contributed by atoms with Gasteiger partial charge in [-0.2, -0.15) is 0 Å². The highest BCUT2D eigenvalue weighted by Gasteiger charge is 2.27. The van der Waals surface area contributed by atoms with E-state index in [-0.39, 0.29) is 0 Å². The highest BCUT2D eigenvalue weighted by molar-refractivity contribution is 5.92. The van der Waals surface area contributed by atoms with Gasteiger partial charge in [-0.25, -0.2) is 0 Å². The van der Waals surface area contributed by atoms with Gasteiger partial charge >= 0.3 is 0 Å². The van der Waals surface area contributed by atoms with Crippen molar-refractivity contribution in [2.75, 3.05) is 23.9 Å². The van der Waals surface area contributed by atoms with Crippen LogP contribution in [0.25, 0.3) is 10.9 Å². The van der Waals surface area contributed by atoms with E-state index < -0.39 is 0 Å². The Morgan fingerprint density at radius 1 is 1.12 bits per heavy atom. The molecule has 1 atom stereocenters. The first-order valence-electron chi connectivity index (χ1n) is 5.53. The molecule has 3 rings (SSSR count). The van der Waals surface area contributed by atoms with Gasteiger partial charge in [0.2, 0.25) is 0 Å². The van der Waals surface area contributed by atoms with Crippen molar-refractivity contribution in [1.82, 2.24) is 4.98 Å². The van der Waals surface area contributed by atoms with Crippen LogP contribution in [0.2, 0.25) is 0 Å². The van der Waals surface area contributed by atoms with Crippen LogP contribution in [0.15, 0.2) is 30.5 Å². The Bertz CT molecular complexity index is 501. The Kier molecular flexibility index (Phi) is 1.84. The van der Waals surface area contributed by atoms with Crippen LogP contribution in [0.4, 0.5) is 11.4 Å². The summed E-state index contributed by atoms with van der Waals surface area (Å²) in [5, 5.41) is 1.20. The van der Waals surface area contributed by atoms with E-state index in [1.54, 1.807) is 0 Å². The quantitative estimate of drug-likeness (QED) is 0.670. The van der Waals surface area contributed by atoms with E-state index >= 15 is 0 Å². The zero-order chi connectivity index (χ0) is 11.3. The molecule has 2 heterocycles. The highest BCUT2D eigenvalue weighted by atomic mass is 15.4. The molecule has 1 unspecified atom stereocenters. The summed E-state index contributed by atoms with van der Waals surface area (Å²) in [7, 11) is 4.26. The first-order valence-corrected chi connectivity index (χ1v) is 5.53. The Hall–Kier alpha value is -1.77. The summed E-state index contributed by atoms with van der Waals surface area (Å²) in [6, 6.07) is 8.48. The van der Waals surface area contributed by atoms with Gasteiger partial charge in [-0.05, 0) is 25.1 Å². The summed E-state index contributed by atoms with van der Waals surface area (Å²) in [6.45, 7) is 2.21. The van der Waals surface area contributed by atoms with Crippen LogP contribution in [0.3, 0.4) is 0 Å². The maximum absolute atomic E-state index is 4.40. The van der Waals surface area contributed by atoms with E-state index in [1.807, 2.05) is 12.3 Å². The predicted molar refractivity (Wildman–Crippen MR) is 68.0 cm³/mol. The molecule has 0 spiro atoms. The Balaban J connectivity index is 2.29. The molecule has 0 saturated heterocycles. The number of anilines is 2. The zero-order valence-electron chi connectivity index (χ0n) is 9.81. The SMILES string of the molecule is CC1N(C)c2cc3cccnc3cc2N1C. The molecule has 0 bridgehead atoms. The summed E-state index contributed by atoms with van der Waals surface area (Å²) in [6.07, 6.45) is 2.25. The Morgan fingerprint density at radius 2 is 1.81 bits per heavy atom. The zero-order valence-corrected chi connectivity index (χ0v) is 9.81. The molecule has 1 aromatic carbocycles. The van der Waals surface area contributed by atoms with E-state index in [9.17, 15) is 0 Å². The third-order valence-electron chi connectivity index (χ3n) is 3.58. The van der Waals surface area contributed by atoms with Gasteiger partial charge in [0.05, 0.1) is 23.1 Å². The Labute approximate surface area is 95.3 Å². The summed E-state index contributed by atoms with van der Waals surface area (Å²) in [5.74, 6) is 0. The summed E-state index contributed by atoms with van der Waals surface area (Å²) < 4.78 is 0. The van der Waals surface area contributed by atoms with Gasteiger partial charge < -0.3 is 9.80 Å². The fourth-order valence-corrected chi connectivity index (χ4v) is 2.32. The lowest BCUT2D eigenvalue weighted by molar-refractivity contribution is 0.710. The monoisotopic (exact) mass is 213 g/mol. The number of rotatable bonds is 0. The first kappa shape index (κ1) is 9.46. The second kappa shape index (κ2) is 3.11. The van der Waals surface area contributed by atoms with E-state index in [4.69, 9.17) is 0 Å².